The van der Waals surface area contributed by atoms with Gasteiger partial charge in [-0.25, -0.2) is 0 Å². The molecule has 9 nitrogen and oxygen atoms in total. The van der Waals surface area contributed by atoms with Gasteiger partial charge in [-0.1, -0.05) is 141 Å². The number of esters is 2. The van der Waals surface area contributed by atoms with Crippen molar-refractivity contribution in [1.82, 2.24) is 0 Å². The minimum atomic E-state index is -0.919. The molecule has 382 valence electrons. The Bertz CT molecular complexity index is 1220. The first-order chi connectivity index (χ1) is 31.1. The molecule has 1 rings (SSSR count). The lowest BCUT2D eigenvalue weighted by atomic mass is 9.65. The summed E-state index contributed by atoms with van der Waals surface area (Å²) in [7, 11) is 1.55. The maximum atomic E-state index is 13.7. The minimum Gasteiger partial charge on any atom is -0.463 e. The summed E-state index contributed by atoms with van der Waals surface area (Å²) in [4.78, 5) is 26.9. The zero-order valence-electron chi connectivity index (χ0n) is 44.0. The van der Waals surface area contributed by atoms with Crippen molar-refractivity contribution in [2.75, 3.05) is 26.9 Å². The van der Waals surface area contributed by atoms with Gasteiger partial charge in [0.25, 0.3) is 0 Å². The molecule has 0 bridgehead atoms. The van der Waals surface area contributed by atoms with Crippen LogP contribution in [0.15, 0.2) is 24.3 Å². The number of hydrogen-bond donors (Lipinski definition) is 1. The van der Waals surface area contributed by atoms with Crippen LogP contribution in [0.4, 0.5) is 0 Å². The first kappa shape index (κ1) is 61.2. The zero-order valence-corrected chi connectivity index (χ0v) is 44.0. The van der Waals surface area contributed by atoms with Crippen molar-refractivity contribution in [2.45, 2.75) is 284 Å². The average molecular weight is 921 g/mol. The predicted octanol–water partition coefficient (Wildman–Crippen LogP) is 14.9. The molecule has 1 N–H and O–H groups in total. The van der Waals surface area contributed by atoms with Gasteiger partial charge in [-0.3, -0.25) is 9.59 Å². The van der Waals surface area contributed by atoms with Crippen LogP contribution < -0.4 is 0 Å². The van der Waals surface area contributed by atoms with Crippen LogP contribution >= 0.6 is 0 Å². The summed E-state index contributed by atoms with van der Waals surface area (Å²) in [6.07, 6.45) is 39.1. The van der Waals surface area contributed by atoms with Crippen molar-refractivity contribution >= 4 is 11.9 Å². The second-order valence-corrected chi connectivity index (χ2v) is 20.7. The monoisotopic (exact) mass is 921 g/mol. The van der Waals surface area contributed by atoms with Crippen LogP contribution in [0, 0.1) is 11.8 Å². The van der Waals surface area contributed by atoms with Crippen LogP contribution in [0.5, 0.6) is 0 Å². The third-order valence-corrected chi connectivity index (χ3v) is 13.2. The van der Waals surface area contributed by atoms with Crippen molar-refractivity contribution in [3.05, 3.63) is 24.3 Å². The molecule has 1 aliphatic heterocycles. The van der Waals surface area contributed by atoms with Gasteiger partial charge in [-0.15, -0.1) is 0 Å². The normalized spacial score (nSPS) is 19.7. The van der Waals surface area contributed by atoms with Gasteiger partial charge in [-0.05, 0) is 119 Å². The molecule has 0 saturated carbocycles. The van der Waals surface area contributed by atoms with E-state index in [0.717, 1.165) is 64.2 Å². The third-order valence-electron chi connectivity index (χ3n) is 13.2. The van der Waals surface area contributed by atoms with E-state index in [1.165, 1.54) is 103 Å². The quantitative estimate of drug-likeness (QED) is 0.0364. The number of hydrogen-bond acceptors (Lipinski definition) is 9. The van der Waals surface area contributed by atoms with Crippen LogP contribution in [-0.2, 0) is 38.0 Å². The van der Waals surface area contributed by atoms with Crippen LogP contribution in [0.2, 0.25) is 0 Å². The van der Waals surface area contributed by atoms with Gasteiger partial charge in [0.2, 0.25) is 0 Å². The summed E-state index contributed by atoms with van der Waals surface area (Å²) >= 11 is 0. The Morgan fingerprint density at radius 2 is 0.969 bits per heavy atom. The van der Waals surface area contributed by atoms with Crippen molar-refractivity contribution in [1.29, 1.82) is 0 Å². The molecule has 1 aliphatic rings. The molecule has 1 heterocycles. The van der Waals surface area contributed by atoms with E-state index in [0.29, 0.717) is 32.5 Å². The van der Waals surface area contributed by atoms with Crippen molar-refractivity contribution < 1.29 is 43.1 Å². The van der Waals surface area contributed by atoms with Crippen LogP contribution in [0.3, 0.4) is 0 Å². The topological polar surface area (TPSA) is 110 Å². The smallest absolute Gasteiger partial charge is 0.306 e. The summed E-state index contributed by atoms with van der Waals surface area (Å²) in [5.41, 5.74) is -2.59. The average Bonchev–Trinajstić information content (AvgIpc) is 3.24. The Kier molecular flexibility index (Phi) is 35.0. The Balaban J connectivity index is 2.85. The molecule has 0 aromatic heterocycles. The molecule has 1 fully saturated rings. The fourth-order valence-electron chi connectivity index (χ4n) is 9.38. The van der Waals surface area contributed by atoms with Gasteiger partial charge < -0.3 is 33.5 Å². The number of methoxy groups -OCH3 is 1. The summed E-state index contributed by atoms with van der Waals surface area (Å²) in [6, 6.07) is 0. The fourth-order valence-corrected chi connectivity index (χ4v) is 9.38. The van der Waals surface area contributed by atoms with E-state index in [4.69, 9.17) is 28.4 Å². The van der Waals surface area contributed by atoms with Gasteiger partial charge in [0.15, 0.2) is 12.4 Å². The molecule has 0 aromatic rings. The summed E-state index contributed by atoms with van der Waals surface area (Å²) in [5, 5.41) is 10.5. The molecule has 0 aromatic carbocycles. The van der Waals surface area contributed by atoms with Gasteiger partial charge in [0.1, 0.15) is 12.7 Å². The Hall–Kier alpha value is -1.78. The lowest BCUT2D eigenvalue weighted by Crippen LogP contribution is -2.66. The van der Waals surface area contributed by atoms with E-state index in [9.17, 15) is 14.7 Å². The molecule has 9 heteroatoms. The fraction of sp³-hybridized carbons (Fsp3) is 0.893. The third kappa shape index (κ3) is 29.7. The first-order valence-electron chi connectivity index (χ1n) is 27.0. The number of ether oxygens (including phenoxy) is 6. The molecule has 0 aliphatic carbocycles. The van der Waals surface area contributed by atoms with Crippen LogP contribution in [0.1, 0.15) is 249 Å². The standard InChI is InChI=1S/C56H104O9/c1-11-14-16-18-20-22-24-26-28-30-32-34-36-38-40-42-48(57)61-46-47-50(55(6,7)62-13-3)51(56(8,9)63-45-44-54(4,5)59)52(53(60-10)64-47)65-49(58)43-41-39-37-35-33-31-29-27-25-23-21-19-17-15-12-2/h26-29,47,50-53,59H,11-25,30-46H2,1-10H3/b28-26+,29-27+/t47-,50?,51?,52?,53?/m1/s1. The molecule has 0 spiro atoms. The van der Waals surface area contributed by atoms with E-state index in [1.54, 1.807) is 21.0 Å². The van der Waals surface area contributed by atoms with Gasteiger partial charge in [0.05, 0.1) is 23.4 Å². The number of aliphatic hydroxyl groups is 1. The Morgan fingerprint density at radius 3 is 1.40 bits per heavy atom. The maximum Gasteiger partial charge on any atom is 0.306 e. The van der Waals surface area contributed by atoms with E-state index in [2.05, 4.69) is 38.2 Å². The second-order valence-electron chi connectivity index (χ2n) is 20.7. The molecular weight excluding hydrogens is 817 g/mol. The van der Waals surface area contributed by atoms with E-state index >= 15 is 0 Å². The van der Waals surface area contributed by atoms with E-state index < -0.39 is 47.1 Å². The van der Waals surface area contributed by atoms with Gasteiger partial charge in [-0.2, -0.15) is 0 Å². The lowest BCUT2D eigenvalue weighted by molar-refractivity contribution is -0.319. The number of allylic oxidation sites excluding steroid dienone is 4. The minimum absolute atomic E-state index is 0.0107. The van der Waals surface area contributed by atoms with E-state index in [-0.39, 0.29) is 18.5 Å². The largest absolute Gasteiger partial charge is 0.463 e. The molecule has 5 atom stereocenters. The highest BCUT2D eigenvalue weighted by Gasteiger charge is 2.59. The molecule has 1 saturated heterocycles. The zero-order chi connectivity index (χ0) is 48.2. The highest BCUT2D eigenvalue weighted by atomic mass is 16.7. The second kappa shape index (κ2) is 37.2. The highest BCUT2D eigenvalue weighted by molar-refractivity contribution is 5.70. The summed E-state index contributed by atoms with van der Waals surface area (Å²) in [5.74, 6) is -1.44. The summed E-state index contributed by atoms with van der Waals surface area (Å²) in [6.45, 7) is 18.8. The molecule has 4 unspecified atom stereocenters. The van der Waals surface area contributed by atoms with Crippen molar-refractivity contribution in [3.63, 3.8) is 0 Å². The molecule has 0 amide bonds. The number of unbranched alkanes of at least 4 members (excludes halogenated alkanes) is 22. The van der Waals surface area contributed by atoms with Crippen LogP contribution in [-0.4, -0.2) is 79.3 Å². The lowest BCUT2D eigenvalue weighted by Gasteiger charge is -2.55. The van der Waals surface area contributed by atoms with Gasteiger partial charge in [0, 0.05) is 38.4 Å². The number of carbonyl (C=O) groups is 2. The maximum absolute atomic E-state index is 13.7. The molecule has 0 radical (unpaired) electrons. The van der Waals surface area contributed by atoms with Crippen LogP contribution in [0.25, 0.3) is 0 Å². The first-order valence-corrected chi connectivity index (χ1v) is 27.0. The van der Waals surface area contributed by atoms with Crippen molar-refractivity contribution in [3.8, 4) is 0 Å². The van der Waals surface area contributed by atoms with E-state index in [1.807, 2.05) is 34.6 Å². The number of carbonyl (C=O) groups excluding carboxylic acids is 2. The van der Waals surface area contributed by atoms with Crippen molar-refractivity contribution in [2.24, 2.45) is 11.8 Å². The Labute approximate surface area is 400 Å². The molecule has 65 heavy (non-hydrogen) atoms. The SMILES string of the molecule is CCCCCCCC/C=C/CCCCCCCC(=O)OC[C@H]1OC(OC)C(OC(=O)CCCCCCC/C=C/CCCCCCCC)C(C(C)(C)OCCC(C)(C)O)C1C(C)(C)OCC. The molecular formula is C56H104O9. The Morgan fingerprint density at radius 1 is 0.554 bits per heavy atom. The highest BCUT2D eigenvalue weighted by Crippen LogP contribution is 2.47. The number of rotatable bonds is 42. The predicted molar refractivity (Wildman–Crippen MR) is 269 cm³/mol. The van der Waals surface area contributed by atoms with Gasteiger partial charge >= 0.3 is 11.9 Å². The summed E-state index contributed by atoms with van der Waals surface area (Å²) < 4.78 is 38.0.